The molecule has 186 valence electrons. The number of nitrogens with zero attached hydrogens (tertiary/aromatic N) is 1. The largest absolute Gasteiger partial charge is 0.445 e. The third kappa shape index (κ3) is 7.15. The predicted octanol–water partition coefficient (Wildman–Crippen LogP) is 3.83. The first-order chi connectivity index (χ1) is 16.7. The molecule has 2 aromatic rings. The van der Waals surface area contributed by atoms with E-state index in [0.717, 1.165) is 16.9 Å². The van der Waals surface area contributed by atoms with Gasteiger partial charge in [-0.05, 0) is 35.9 Å². The Morgan fingerprint density at radius 1 is 1.17 bits per heavy atom. The molecule has 13 heteroatoms. The van der Waals surface area contributed by atoms with Crippen LogP contribution in [0, 0.1) is 0 Å². The Morgan fingerprint density at radius 2 is 1.86 bits per heavy atom. The summed E-state index contributed by atoms with van der Waals surface area (Å²) in [5.41, 5.74) is 0.770. The molecule has 0 saturated heterocycles. The van der Waals surface area contributed by atoms with Gasteiger partial charge in [0, 0.05) is 13.1 Å². The number of thiophene rings is 1. The van der Waals surface area contributed by atoms with Crippen LogP contribution in [0.1, 0.15) is 24.9 Å². The van der Waals surface area contributed by atoms with E-state index in [2.05, 4.69) is 17.2 Å². The molecule has 0 radical (unpaired) electrons. The summed E-state index contributed by atoms with van der Waals surface area (Å²) in [7, 11) is 0. The van der Waals surface area contributed by atoms with Crippen LogP contribution in [0.15, 0.2) is 54.0 Å². The number of rotatable bonds is 9. The number of benzene rings is 1. The number of ether oxygens (including phenoxy) is 1. The average molecular weight is 558 g/mol. The lowest BCUT2D eigenvalue weighted by molar-refractivity contribution is 0.0924. The molecule has 0 fully saturated rings. The molecule has 3 rings (SSSR count). The monoisotopic (exact) mass is 557 g/mol. The minimum absolute atomic E-state index is 0.0144. The quantitative estimate of drug-likeness (QED) is 0.318. The molecule has 0 aliphatic carbocycles. The lowest BCUT2D eigenvalue weighted by atomic mass is 10.2. The number of hydrogen-bond donors (Lipinski definition) is 3. The van der Waals surface area contributed by atoms with E-state index in [4.69, 9.17) is 27.9 Å². The van der Waals surface area contributed by atoms with Crippen LogP contribution in [-0.4, -0.2) is 57.3 Å². The molecule has 1 aromatic heterocycles. The van der Waals surface area contributed by atoms with Crippen LogP contribution >= 0.6 is 34.5 Å². The highest BCUT2D eigenvalue weighted by atomic mass is 35.5. The zero-order valence-electron chi connectivity index (χ0n) is 18.2. The maximum atomic E-state index is 12.6. The number of halogens is 2. The molecule has 2 atom stereocenters. The molecule has 35 heavy (non-hydrogen) atoms. The Morgan fingerprint density at radius 3 is 2.49 bits per heavy atom. The Kier molecular flexibility index (Phi) is 9.47. The number of amides is 3. The van der Waals surface area contributed by atoms with Crippen molar-refractivity contribution in [3.05, 3.63) is 79.3 Å². The molecule has 0 saturated carbocycles. The van der Waals surface area contributed by atoms with Gasteiger partial charge in [0.1, 0.15) is 6.61 Å². The summed E-state index contributed by atoms with van der Waals surface area (Å²) in [6.45, 7) is 3.58. The minimum atomic E-state index is -2.25. The molecule has 1 aliphatic rings. The molecule has 2 heterocycles. The third-order valence-corrected chi connectivity index (χ3v) is 7.39. The Balaban J connectivity index is 1.57. The van der Waals surface area contributed by atoms with Gasteiger partial charge in [-0.15, -0.1) is 11.3 Å². The number of carbonyl (C=O) groups excluding carboxylic acids is 3. The predicted molar refractivity (Wildman–Crippen MR) is 135 cm³/mol. The molecule has 1 aromatic carbocycles. The summed E-state index contributed by atoms with van der Waals surface area (Å²) in [5.74, 6) is -0.810. The van der Waals surface area contributed by atoms with Gasteiger partial charge in [-0.25, -0.2) is 9.00 Å². The third-order valence-electron chi connectivity index (χ3n) is 4.85. The van der Waals surface area contributed by atoms with Gasteiger partial charge in [0.15, 0.2) is 11.1 Å². The van der Waals surface area contributed by atoms with Crippen LogP contribution in [0.2, 0.25) is 10.0 Å². The van der Waals surface area contributed by atoms with E-state index >= 15 is 0 Å². The standard InChI is InChI=1S/C22H21Cl2N3O6S2/c1-2-7-33-22(30)27-12-15(35(31)32)9-14(27)11-26-21(29)19-6-5-18(34-19)20(28)25-10-13-3-4-16(23)17(24)8-13/h2-6,8-9,14H,1,7,10-12H2,(H,25,28)(H,26,29)(H,31,32)/t14-/m0/s1. The Bertz CT molecular complexity index is 1200. The zero-order valence-corrected chi connectivity index (χ0v) is 21.3. The highest BCUT2D eigenvalue weighted by Gasteiger charge is 2.32. The Labute approximate surface area is 218 Å². The molecule has 1 unspecified atom stereocenters. The molecule has 1 aliphatic heterocycles. The van der Waals surface area contributed by atoms with Gasteiger partial charge in [-0.1, -0.05) is 41.9 Å². The van der Waals surface area contributed by atoms with Gasteiger partial charge >= 0.3 is 6.09 Å². The van der Waals surface area contributed by atoms with E-state index in [9.17, 15) is 23.1 Å². The summed E-state index contributed by atoms with van der Waals surface area (Å²) in [6, 6.07) is 7.42. The van der Waals surface area contributed by atoms with E-state index in [1.165, 1.54) is 29.2 Å². The molecular formula is C22H21Cl2N3O6S2. The van der Waals surface area contributed by atoms with Crippen molar-refractivity contribution in [1.29, 1.82) is 0 Å². The summed E-state index contributed by atoms with van der Waals surface area (Å²) >= 11 is 10.6. The van der Waals surface area contributed by atoms with Crippen molar-refractivity contribution in [3.63, 3.8) is 0 Å². The summed E-state index contributed by atoms with van der Waals surface area (Å²) in [5, 5.41) is 6.24. The minimum Gasteiger partial charge on any atom is -0.445 e. The smallest absolute Gasteiger partial charge is 0.410 e. The molecule has 3 amide bonds. The lowest BCUT2D eigenvalue weighted by Crippen LogP contribution is -2.43. The van der Waals surface area contributed by atoms with Crippen molar-refractivity contribution >= 4 is 63.5 Å². The van der Waals surface area contributed by atoms with E-state index in [-0.39, 0.29) is 37.1 Å². The van der Waals surface area contributed by atoms with Gasteiger partial charge in [0.2, 0.25) is 0 Å². The first-order valence-electron chi connectivity index (χ1n) is 10.2. The molecule has 3 N–H and O–H groups in total. The first-order valence-corrected chi connectivity index (χ1v) is 12.8. The van der Waals surface area contributed by atoms with Crippen molar-refractivity contribution in [2.75, 3.05) is 19.7 Å². The van der Waals surface area contributed by atoms with Crippen molar-refractivity contribution in [1.82, 2.24) is 15.5 Å². The van der Waals surface area contributed by atoms with Crippen LogP contribution in [0.25, 0.3) is 0 Å². The lowest BCUT2D eigenvalue weighted by Gasteiger charge is -2.23. The number of carbonyl (C=O) groups is 3. The van der Waals surface area contributed by atoms with Gasteiger partial charge < -0.3 is 19.9 Å². The topological polar surface area (TPSA) is 125 Å². The number of nitrogens with one attached hydrogen (secondary N) is 2. The molecule has 0 spiro atoms. The van der Waals surface area contributed by atoms with E-state index in [0.29, 0.717) is 19.8 Å². The fraction of sp³-hybridized carbons (Fsp3) is 0.227. The van der Waals surface area contributed by atoms with Crippen molar-refractivity contribution in [2.45, 2.75) is 12.6 Å². The highest BCUT2D eigenvalue weighted by molar-refractivity contribution is 7.83. The van der Waals surface area contributed by atoms with E-state index < -0.39 is 29.1 Å². The average Bonchev–Trinajstić information content (AvgIpc) is 3.49. The summed E-state index contributed by atoms with van der Waals surface area (Å²) < 4.78 is 25.8. The van der Waals surface area contributed by atoms with Crippen LogP contribution < -0.4 is 10.6 Å². The Hall–Kier alpha value is -2.70. The van der Waals surface area contributed by atoms with Crippen molar-refractivity contribution in [3.8, 4) is 0 Å². The second-order valence-corrected chi connectivity index (χ2v) is 10.2. The van der Waals surface area contributed by atoms with Gasteiger partial charge in [-0.2, -0.15) is 0 Å². The summed E-state index contributed by atoms with van der Waals surface area (Å²) in [6.07, 6.45) is 2.15. The van der Waals surface area contributed by atoms with E-state index in [1.807, 2.05) is 0 Å². The molecular weight excluding hydrogens is 537 g/mol. The molecule has 9 nitrogen and oxygen atoms in total. The maximum absolute atomic E-state index is 12.6. The van der Waals surface area contributed by atoms with Crippen LogP contribution in [0.4, 0.5) is 4.79 Å². The van der Waals surface area contributed by atoms with Crippen LogP contribution in [0.3, 0.4) is 0 Å². The summed E-state index contributed by atoms with van der Waals surface area (Å²) in [4.78, 5) is 39.3. The van der Waals surface area contributed by atoms with Crippen molar-refractivity contribution in [2.24, 2.45) is 0 Å². The first kappa shape index (κ1) is 26.9. The normalized spacial score (nSPS) is 15.8. The van der Waals surface area contributed by atoms with Gasteiger partial charge in [0.25, 0.3) is 11.8 Å². The fourth-order valence-corrected chi connectivity index (χ4v) is 4.81. The van der Waals surface area contributed by atoms with E-state index in [1.54, 1.807) is 18.2 Å². The van der Waals surface area contributed by atoms with Crippen LogP contribution in [-0.2, 0) is 22.4 Å². The van der Waals surface area contributed by atoms with Gasteiger partial charge in [0.05, 0.1) is 37.3 Å². The second kappa shape index (κ2) is 12.3. The zero-order chi connectivity index (χ0) is 25.5. The second-order valence-electron chi connectivity index (χ2n) is 7.25. The van der Waals surface area contributed by atoms with Gasteiger partial charge in [-0.3, -0.25) is 14.5 Å². The number of hydrogen-bond acceptors (Lipinski definition) is 6. The fourth-order valence-electron chi connectivity index (χ4n) is 3.12. The SMILES string of the molecule is C=CCOC(=O)N1CC(S(=O)O)=C[C@H]1CNC(=O)c1ccc(C(=O)NCc2ccc(Cl)c(Cl)c2)s1. The maximum Gasteiger partial charge on any atom is 0.410 e. The van der Waals surface area contributed by atoms with Crippen molar-refractivity contribution < 1.29 is 27.9 Å². The van der Waals surface area contributed by atoms with Crippen LogP contribution in [0.5, 0.6) is 0 Å². The highest BCUT2D eigenvalue weighted by Crippen LogP contribution is 2.23. The molecule has 0 bridgehead atoms.